The third kappa shape index (κ3) is 2.99. The van der Waals surface area contributed by atoms with Gasteiger partial charge in [0.15, 0.2) is 0 Å². The first kappa shape index (κ1) is 16.8. The summed E-state index contributed by atoms with van der Waals surface area (Å²) in [4.78, 5) is 13.9. The molecule has 2 aromatic rings. The molecule has 1 N–H and O–H groups in total. The number of aromatic nitrogens is 1. The quantitative estimate of drug-likeness (QED) is 0.897. The van der Waals surface area contributed by atoms with Gasteiger partial charge in [0.1, 0.15) is 16.4 Å². The normalized spacial score (nSPS) is 14.6. The number of likely N-dealkylation sites (N-methyl/N-ethyl adjacent to an activating group) is 1. The van der Waals surface area contributed by atoms with Gasteiger partial charge in [-0.3, -0.25) is 9.52 Å². The second-order valence-electron chi connectivity index (χ2n) is 5.37. The molecular weight excluding hydrogens is 357 g/mol. The summed E-state index contributed by atoms with van der Waals surface area (Å²) < 4.78 is 42.0. The van der Waals surface area contributed by atoms with E-state index in [2.05, 4.69) is 4.72 Å². The lowest BCUT2D eigenvalue weighted by molar-refractivity contribution is 0.0715. The third-order valence-electron chi connectivity index (χ3n) is 3.86. The summed E-state index contributed by atoms with van der Waals surface area (Å²) in [7, 11) is -3.94. The molecule has 2 heterocycles. The number of nitrogens with zero attached hydrogens (tertiary/aromatic N) is 2. The highest BCUT2D eigenvalue weighted by atomic mass is 35.5. The van der Waals surface area contributed by atoms with Gasteiger partial charge < -0.3 is 9.47 Å². The second-order valence-corrected chi connectivity index (χ2v) is 7.46. The molecule has 3 rings (SSSR count). The maximum Gasteiger partial charge on any atom is 0.270 e. The van der Waals surface area contributed by atoms with E-state index in [4.69, 9.17) is 11.6 Å². The van der Waals surface area contributed by atoms with Crippen molar-refractivity contribution >= 4 is 33.2 Å². The number of benzene rings is 1. The maximum atomic E-state index is 13.1. The smallest absolute Gasteiger partial charge is 0.270 e. The Morgan fingerprint density at radius 3 is 2.71 bits per heavy atom. The van der Waals surface area contributed by atoms with Crippen molar-refractivity contribution < 1.29 is 17.6 Å². The zero-order valence-electron chi connectivity index (χ0n) is 12.8. The van der Waals surface area contributed by atoms with Crippen molar-refractivity contribution in [2.75, 3.05) is 17.8 Å². The zero-order chi connectivity index (χ0) is 17.5. The van der Waals surface area contributed by atoms with E-state index in [0.29, 0.717) is 25.3 Å². The van der Waals surface area contributed by atoms with Crippen molar-refractivity contribution in [2.24, 2.45) is 0 Å². The maximum absolute atomic E-state index is 13.1. The number of amides is 1. The monoisotopic (exact) mass is 371 g/mol. The molecule has 1 aromatic heterocycles. The average Bonchev–Trinajstić information content (AvgIpc) is 2.96. The number of nitrogens with one attached hydrogen (secondary N) is 1. The second kappa shape index (κ2) is 6.10. The number of rotatable bonds is 4. The Bertz CT molecular complexity index is 911. The Morgan fingerprint density at radius 1 is 1.29 bits per heavy atom. The summed E-state index contributed by atoms with van der Waals surface area (Å²) in [5.74, 6) is -0.766. The highest BCUT2D eigenvalue weighted by Gasteiger charge is 2.27. The summed E-state index contributed by atoms with van der Waals surface area (Å²) in [5.41, 5.74) is 0.400. The summed E-state index contributed by atoms with van der Waals surface area (Å²) >= 11 is 5.85. The van der Waals surface area contributed by atoms with Crippen molar-refractivity contribution in [1.82, 2.24) is 9.47 Å². The molecule has 128 valence electrons. The lowest BCUT2D eigenvalue weighted by atomic mass is 10.3. The van der Waals surface area contributed by atoms with Crippen molar-refractivity contribution in [1.29, 1.82) is 0 Å². The molecule has 0 atom stereocenters. The van der Waals surface area contributed by atoms with Crippen molar-refractivity contribution in [3.05, 3.63) is 47.0 Å². The van der Waals surface area contributed by atoms with E-state index in [0.717, 1.165) is 12.1 Å². The molecule has 24 heavy (non-hydrogen) atoms. The van der Waals surface area contributed by atoms with Crippen LogP contribution in [0.3, 0.4) is 0 Å². The first-order valence-corrected chi connectivity index (χ1v) is 9.15. The van der Waals surface area contributed by atoms with Gasteiger partial charge in [0.25, 0.3) is 15.9 Å². The van der Waals surface area contributed by atoms with Gasteiger partial charge in [-0.05, 0) is 31.2 Å². The van der Waals surface area contributed by atoms with Crippen LogP contribution < -0.4 is 4.72 Å². The minimum Gasteiger partial charge on any atom is -0.340 e. The number of halogens is 2. The molecule has 0 unspecified atom stereocenters. The lowest BCUT2D eigenvalue weighted by Gasteiger charge is -2.26. The SMILES string of the molecule is CCN1CCn2cc(S(=O)(=O)Nc3ccc(F)cc3Cl)cc2C1=O. The van der Waals surface area contributed by atoms with Crippen molar-refractivity contribution in [3.8, 4) is 0 Å². The van der Waals surface area contributed by atoms with E-state index in [-0.39, 0.29) is 21.5 Å². The van der Waals surface area contributed by atoms with Gasteiger partial charge in [-0.15, -0.1) is 0 Å². The van der Waals surface area contributed by atoms with Crippen LogP contribution in [-0.4, -0.2) is 36.9 Å². The van der Waals surface area contributed by atoms with Gasteiger partial charge in [0.05, 0.1) is 10.7 Å². The average molecular weight is 372 g/mol. The van der Waals surface area contributed by atoms with Crippen LogP contribution >= 0.6 is 11.6 Å². The largest absolute Gasteiger partial charge is 0.340 e. The van der Waals surface area contributed by atoms with Gasteiger partial charge in [-0.1, -0.05) is 11.6 Å². The van der Waals surface area contributed by atoms with Crippen LogP contribution in [0.2, 0.25) is 5.02 Å². The van der Waals surface area contributed by atoms with Gasteiger partial charge >= 0.3 is 0 Å². The van der Waals surface area contributed by atoms with E-state index in [9.17, 15) is 17.6 Å². The Morgan fingerprint density at radius 2 is 2.04 bits per heavy atom. The number of hydrogen-bond donors (Lipinski definition) is 1. The predicted octanol–water partition coefficient (Wildman–Crippen LogP) is 2.56. The van der Waals surface area contributed by atoms with E-state index in [1.807, 2.05) is 6.92 Å². The Balaban J connectivity index is 1.93. The van der Waals surface area contributed by atoms with E-state index in [1.54, 1.807) is 9.47 Å². The fourth-order valence-electron chi connectivity index (χ4n) is 2.56. The van der Waals surface area contributed by atoms with Crippen LogP contribution in [0, 0.1) is 5.82 Å². The summed E-state index contributed by atoms with van der Waals surface area (Å²) in [5, 5.41) is -0.0456. The Labute approximate surface area is 143 Å². The van der Waals surface area contributed by atoms with E-state index < -0.39 is 15.8 Å². The fraction of sp³-hybridized carbons (Fsp3) is 0.267. The van der Waals surface area contributed by atoms with Gasteiger partial charge in [-0.25, -0.2) is 12.8 Å². The number of fused-ring (bicyclic) bond motifs is 1. The van der Waals surface area contributed by atoms with Gasteiger partial charge in [-0.2, -0.15) is 0 Å². The Hall–Kier alpha value is -2.06. The topological polar surface area (TPSA) is 71.4 Å². The van der Waals surface area contributed by atoms with Crippen LogP contribution in [-0.2, 0) is 16.6 Å². The van der Waals surface area contributed by atoms with E-state index in [1.165, 1.54) is 18.3 Å². The molecule has 0 bridgehead atoms. The fourth-order valence-corrected chi connectivity index (χ4v) is 3.95. The van der Waals surface area contributed by atoms with Crippen molar-refractivity contribution in [3.63, 3.8) is 0 Å². The molecule has 1 amide bonds. The molecule has 0 saturated carbocycles. The van der Waals surface area contributed by atoms with Crippen LogP contribution in [0.1, 0.15) is 17.4 Å². The molecule has 0 fully saturated rings. The zero-order valence-corrected chi connectivity index (χ0v) is 14.4. The lowest BCUT2D eigenvalue weighted by Crippen LogP contribution is -2.39. The number of anilines is 1. The third-order valence-corrected chi connectivity index (χ3v) is 5.50. The first-order valence-electron chi connectivity index (χ1n) is 7.29. The summed E-state index contributed by atoms with van der Waals surface area (Å²) in [6.07, 6.45) is 1.42. The van der Waals surface area contributed by atoms with Crippen LogP contribution in [0.25, 0.3) is 0 Å². The van der Waals surface area contributed by atoms with Crippen molar-refractivity contribution in [2.45, 2.75) is 18.4 Å². The standard InChI is InChI=1S/C15H15ClFN3O3S/c1-2-19-5-6-20-9-11(8-14(20)15(19)21)24(22,23)18-13-4-3-10(17)7-12(13)16/h3-4,7-9,18H,2,5-6H2,1H3. The number of hydrogen-bond acceptors (Lipinski definition) is 3. The molecule has 0 radical (unpaired) electrons. The molecule has 6 nitrogen and oxygen atoms in total. The van der Waals surface area contributed by atoms with Crippen LogP contribution in [0.5, 0.6) is 0 Å². The first-order chi connectivity index (χ1) is 11.3. The molecular formula is C15H15ClFN3O3S. The number of sulfonamides is 1. The molecule has 1 aromatic carbocycles. The highest BCUT2D eigenvalue weighted by molar-refractivity contribution is 7.92. The molecule has 0 saturated heterocycles. The summed E-state index contributed by atoms with van der Waals surface area (Å²) in [6.45, 7) is 3.50. The van der Waals surface area contributed by atoms with Gasteiger partial charge in [0, 0.05) is 25.8 Å². The highest BCUT2D eigenvalue weighted by Crippen LogP contribution is 2.27. The van der Waals surface area contributed by atoms with Gasteiger partial charge in [0.2, 0.25) is 0 Å². The molecule has 9 heteroatoms. The minimum absolute atomic E-state index is 0.0378. The summed E-state index contributed by atoms with van der Waals surface area (Å²) in [6, 6.07) is 4.71. The van der Waals surface area contributed by atoms with E-state index >= 15 is 0 Å². The number of carbonyl (C=O) groups excluding carboxylic acids is 1. The predicted molar refractivity (Wildman–Crippen MR) is 88.2 cm³/mol. The van der Waals surface area contributed by atoms with Crippen LogP contribution in [0.4, 0.5) is 10.1 Å². The minimum atomic E-state index is -3.94. The molecule has 0 aliphatic carbocycles. The molecule has 0 spiro atoms. The number of carbonyl (C=O) groups is 1. The Kier molecular flexibility index (Phi) is 4.27. The van der Waals surface area contributed by atoms with Crippen LogP contribution in [0.15, 0.2) is 35.4 Å². The molecule has 1 aliphatic rings. The molecule has 1 aliphatic heterocycles.